The zero-order valence-corrected chi connectivity index (χ0v) is 15.0. The number of rotatable bonds is 7. The van der Waals surface area contributed by atoms with Crippen molar-refractivity contribution in [1.29, 1.82) is 0 Å². The van der Waals surface area contributed by atoms with Gasteiger partial charge in [0, 0.05) is 5.56 Å². The van der Waals surface area contributed by atoms with E-state index in [9.17, 15) is 4.79 Å². The standard InChI is InChI=1S/C21H22N2O3/c1-3-10-18(21(24)25-4-2)26-20-16-13-8-9-14-17(16)22-19(23-20)15-11-6-5-7-12-15/h5-9,11-14,18H,3-4,10H2,1-2H3. The molecule has 0 aliphatic rings. The Morgan fingerprint density at radius 3 is 2.46 bits per heavy atom. The Bertz CT molecular complexity index is 881. The summed E-state index contributed by atoms with van der Waals surface area (Å²) in [6.07, 6.45) is 0.692. The molecule has 26 heavy (non-hydrogen) atoms. The van der Waals surface area contributed by atoms with Gasteiger partial charge < -0.3 is 9.47 Å². The number of ether oxygens (including phenoxy) is 2. The van der Waals surface area contributed by atoms with Crippen LogP contribution in [0.25, 0.3) is 22.3 Å². The van der Waals surface area contributed by atoms with Crippen molar-refractivity contribution < 1.29 is 14.3 Å². The van der Waals surface area contributed by atoms with E-state index in [1.54, 1.807) is 6.92 Å². The lowest BCUT2D eigenvalue weighted by atomic mass is 10.2. The molecule has 0 amide bonds. The first kappa shape index (κ1) is 17.9. The van der Waals surface area contributed by atoms with Gasteiger partial charge in [-0.3, -0.25) is 0 Å². The molecule has 1 aromatic heterocycles. The van der Waals surface area contributed by atoms with E-state index in [-0.39, 0.29) is 5.97 Å². The van der Waals surface area contributed by atoms with Gasteiger partial charge in [-0.1, -0.05) is 55.8 Å². The first-order valence-electron chi connectivity index (χ1n) is 8.88. The zero-order valence-electron chi connectivity index (χ0n) is 15.0. The van der Waals surface area contributed by atoms with E-state index in [2.05, 4.69) is 9.97 Å². The smallest absolute Gasteiger partial charge is 0.347 e. The number of hydrogen-bond donors (Lipinski definition) is 0. The summed E-state index contributed by atoms with van der Waals surface area (Å²) >= 11 is 0. The van der Waals surface area contributed by atoms with Crippen LogP contribution in [-0.4, -0.2) is 28.6 Å². The van der Waals surface area contributed by atoms with Crippen molar-refractivity contribution in [3.63, 3.8) is 0 Å². The van der Waals surface area contributed by atoms with E-state index in [1.807, 2.05) is 61.5 Å². The second-order valence-corrected chi connectivity index (χ2v) is 5.88. The van der Waals surface area contributed by atoms with Crippen LogP contribution in [0.4, 0.5) is 0 Å². The molecule has 0 N–H and O–H groups in total. The molecule has 1 atom stereocenters. The molecule has 3 aromatic rings. The predicted octanol–water partition coefficient (Wildman–Crippen LogP) is 4.41. The number of carbonyl (C=O) groups excluding carboxylic acids is 1. The number of aromatic nitrogens is 2. The van der Waals surface area contributed by atoms with Crippen LogP contribution in [0.1, 0.15) is 26.7 Å². The Morgan fingerprint density at radius 2 is 1.73 bits per heavy atom. The molecule has 0 spiro atoms. The summed E-state index contributed by atoms with van der Waals surface area (Å²) in [6, 6.07) is 17.3. The zero-order chi connectivity index (χ0) is 18.4. The maximum atomic E-state index is 12.2. The van der Waals surface area contributed by atoms with Crippen LogP contribution in [0.5, 0.6) is 5.88 Å². The minimum absolute atomic E-state index is 0.322. The molecule has 0 fully saturated rings. The van der Waals surface area contributed by atoms with Crippen LogP contribution in [-0.2, 0) is 9.53 Å². The number of para-hydroxylation sites is 1. The van der Waals surface area contributed by atoms with Crippen molar-refractivity contribution in [3.05, 3.63) is 54.6 Å². The van der Waals surface area contributed by atoms with Gasteiger partial charge in [0.1, 0.15) is 0 Å². The topological polar surface area (TPSA) is 61.3 Å². The molecule has 0 saturated carbocycles. The Labute approximate surface area is 153 Å². The SMILES string of the molecule is CCCC(Oc1nc(-c2ccccc2)nc2ccccc12)C(=O)OCC. The van der Waals surface area contributed by atoms with Crippen molar-refractivity contribution in [2.24, 2.45) is 0 Å². The van der Waals surface area contributed by atoms with Crippen LogP contribution in [0.2, 0.25) is 0 Å². The summed E-state index contributed by atoms with van der Waals surface area (Å²) in [5, 5.41) is 0.776. The van der Waals surface area contributed by atoms with Gasteiger partial charge in [-0.15, -0.1) is 0 Å². The van der Waals surface area contributed by atoms with Gasteiger partial charge in [0.15, 0.2) is 11.9 Å². The van der Waals surface area contributed by atoms with Crippen molar-refractivity contribution in [2.75, 3.05) is 6.61 Å². The molecule has 134 valence electrons. The highest BCUT2D eigenvalue weighted by atomic mass is 16.6. The molecular formula is C21H22N2O3. The lowest BCUT2D eigenvalue weighted by molar-refractivity contribution is -0.151. The third kappa shape index (κ3) is 3.99. The molecule has 0 aliphatic heterocycles. The quantitative estimate of drug-likeness (QED) is 0.591. The molecule has 0 radical (unpaired) electrons. The largest absolute Gasteiger partial charge is 0.463 e. The number of fused-ring (bicyclic) bond motifs is 1. The minimum Gasteiger partial charge on any atom is -0.463 e. The second kappa shape index (κ2) is 8.43. The fourth-order valence-electron chi connectivity index (χ4n) is 2.71. The molecule has 2 aromatic carbocycles. The third-order valence-corrected chi connectivity index (χ3v) is 3.95. The number of hydrogen-bond acceptors (Lipinski definition) is 5. The molecule has 0 aliphatic carbocycles. The summed E-state index contributed by atoms with van der Waals surface area (Å²) in [5.41, 5.74) is 1.67. The summed E-state index contributed by atoms with van der Waals surface area (Å²) in [4.78, 5) is 21.5. The number of nitrogens with zero attached hydrogens (tertiary/aromatic N) is 2. The molecule has 1 unspecified atom stereocenters. The Hall–Kier alpha value is -2.95. The van der Waals surface area contributed by atoms with Gasteiger partial charge in [0.05, 0.1) is 17.5 Å². The average molecular weight is 350 g/mol. The maximum Gasteiger partial charge on any atom is 0.347 e. The van der Waals surface area contributed by atoms with E-state index in [0.717, 1.165) is 22.9 Å². The molecule has 0 bridgehead atoms. The van der Waals surface area contributed by atoms with Crippen LogP contribution in [0.3, 0.4) is 0 Å². The second-order valence-electron chi connectivity index (χ2n) is 5.88. The highest BCUT2D eigenvalue weighted by Crippen LogP contribution is 2.27. The molecule has 5 nitrogen and oxygen atoms in total. The third-order valence-electron chi connectivity index (χ3n) is 3.95. The lowest BCUT2D eigenvalue weighted by Crippen LogP contribution is -2.29. The number of benzene rings is 2. The Balaban J connectivity index is 2.04. The van der Waals surface area contributed by atoms with Gasteiger partial charge in [0.2, 0.25) is 5.88 Å². The lowest BCUT2D eigenvalue weighted by Gasteiger charge is -2.18. The van der Waals surface area contributed by atoms with E-state index >= 15 is 0 Å². The van der Waals surface area contributed by atoms with Crippen molar-refractivity contribution >= 4 is 16.9 Å². The van der Waals surface area contributed by atoms with Crippen molar-refractivity contribution in [2.45, 2.75) is 32.8 Å². The van der Waals surface area contributed by atoms with Crippen LogP contribution in [0.15, 0.2) is 54.6 Å². The summed E-state index contributed by atoms with van der Waals surface area (Å²) in [6.45, 7) is 4.11. The van der Waals surface area contributed by atoms with E-state index < -0.39 is 6.10 Å². The molecule has 0 saturated heterocycles. The number of carbonyl (C=O) groups is 1. The molecule has 1 heterocycles. The maximum absolute atomic E-state index is 12.2. The first-order valence-corrected chi connectivity index (χ1v) is 8.88. The van der Waals surface area contributed by atoms with Gasteiger partial charge in [-0.05, 0) is 25.5 Å². The van der Waals surface area contributed by atoms with Gasteiger partial charge in [0.25, 0.3) is 0 Å². The van der Waals surface area contributed by atoms with Gasteiger partial charge in [-0.25, -0.2) is 9.78 Å². The van der Waals surface area contributed by atoms with Crippen LogP contribution < -0.4 is 4.74 Å². The fourth-order valence-corrected chi connectivity index (χ4v) is 2.71. The van der Waals surface area contributed by atoms with E-state index in [1.165, 1.54) is 0 Å². The van der Waals surface area contributed by atoms with Gasteiger partial charge in [-0.2, -0.15) is 4.98 Å². The molecule has 3 rings (SSSR count). The van der Waals surface area contributed by atoms with E-state index in [0.29, 0.717) is 24.7 Å². The van der Waals surface area contributed by atoms with Crippen LogP contribution >= 0.6 is 0 Å². The minimum atomic E-state index is -0.679. The van der Waals surface area contributed by atoms with Crippen molar-refractivity contribution in [3.8, 4) is 17.3 Å². The Kier molecular flexibility index (Phi) is 5.79. The highest BCUT2D eigenvalue weighted by molar-refractivity contribution is 5.85. The average Bonchev–Trinajstić information content (AvgIpc) is 2.68. The highest BCUT2D eigenvalue weighted by Gasteiger charge is 2.23. The number of esters is 1. The van der Waals surface area contributed by atoms with Crippen molar-refractivity contribution in [1.82, 2.24) is 9.97 Å². The predicted molar refractivity (Wildman–Crippen MR) is 101 cm³/mol. The normalized spacial score (nSPS) is 11.9. The fraction of sp³-hybridized carbons (Fsp3) is 0.286. The van der Waals surface area contributed by atoms with Crippen LogP contribution in [0, 0.1) is 0 Å². The van der Waals surface area contributed by atoms with E-state index in [4.69, 9.17) is 9.47 Å². The summed E-state index contributed by atoms with van der Waals surface area (Å²) in [7, 11) is 0. The summed E-state index contributed by atoms with van der Waals surface area (Å²) in [5.74, 6) is 0.609. The summed E-state index contributed by atoms with van der Waals surface area (Å²) < 4.78 is 11.2. The van der Waals surface area contributed by atoms with Gasteiger partial charge >= 0.3 is 5.97 Å². The molecule has 5 heteroatoms. The first-order chi connectivity index (χ1) is 12.7. The monoisotopic (exact) mass is 350 g/mol. The molecular weight excluding hydrogens is 328 g/mol. The Morgan fingerprint density at radius 1 is 1.00 bits per heavy atom.